The van der Waals surface area contributed by atoms with Gasteiger partial charge in [0.2, 0.25) is 0 Å². The van der Waals surface area contributed by atoms with Crippen molar-refractivity contribution in [3.05, 3.63) is 210 Å². The van der Waals surface area contributed by atoms with E-state index in [1.807, 2.05) is 60.3 Å². The number of hydrogen-bond acceptors (Lipinski definition) is 5. The van der Waals surface area contributed by atoms with Gasteiger partial charge in [0.1, 0.15) is 0 Å². The fraction of sp³-hybridized carbons (Fsp3) is 0.0196. The van der Waals surface area contributed by atoms with Gasteiger partial charge in [-0.05, 0) is 91.7 Å². The molecule has 0 fully saturated rings. The lowest BCUT2D eigenvalue weighted by atomic mass is 9.67. The van der Waals surface area contributed by atoms with Crippen LogP contribution >= 0.6 is 11.8 Å². The highest BCUT2D eigenvalue weighted by Gasteiger charge is 2.50. The molecule has 11 rings (SSSR count). The average molecular weight is 731 g/mol. The zero-order valence-electron chi connectivity index (χ0n) is 30.0. The van der Waals surface area contributed by atoms with Crippen molar-refractivity contribution in [1.82, 2.24) is 15.0 Å². The maximum atomic E-state index is 9.75. The summed E-state index contributed by atoms with van der Waals surface area (Å²) in [5.41, 5.74) is 12.3. The number of nitriles is 1. The van der Waals surface area contributed by atoms with Crippen molar-refractivity contribution in [2.24, 2.45) is 0 Å². The number of aromatic nitrogens is 3. The predicted octanol–water partition coefficient (Wildman–Crippen LogP) is 12.4. The Labute approximate surface area is 328 Å². The summed E-state index contributed by atoms with van der Waals surface area (Å²) in [5.74, 6) is 1.88. The lowest BCUT2D eigenvalue weighted by Gasteiger charge is -2.39. The minimum Gasteiger partial charge on any atom is -0.208 e. The minimum atomic E-state index is -0.531. The molecule has 4 nitrogen and oxygen atoms in total. The summed E-state index contributed by atoms with van der Waals surface area (Å²) < 4.78 is 0. The van der Waals surface area contributed by atoms with Crippen molar-refractivity contribution in [2.75, 3.05) is 0 Å². The van der Waals surface area contributed by atoms with Crippen LogP contribution in [0.1, 0.15) is 27.8 Å². The van der Waals surface area contributed by atoms with Gasteiger partial charge in [0, 0.05) is 26.5 Å². The Kier molecular flexibility index (Phi) is 7.35. The van der Waals surface area contributed by atoms with Gasteiger partial charge in [-0.2, -0.15) is 5.26 Å². The SMILES string of the molecule is N#Cc1cccc(-c2ccc3c(c2)-c2cc(-c4nc(-c5ccccc5)nc(-c5cccc6ccccc56)n4)ccc2C32c3ccccc3Sc3ccccc32)c1. The quantitative estimate of drug-likeness (QED) is 0.180. The summed E-state index contributed by atoms with van der Waals surface area (Å²) in [6.45, 7) is 0. The molecule has 2 aliphatic rings. The third-order valence-corrected chi connectivity index (χ3v) is 12.4. The molecular weight excluding hydrogens is 701 g/mol. The van der Waals surface area contributed by atoms with Crippen LogP contribution in [0.15, 0.2) is 192 Å². The number of fused-ring (bicyclic) bond motifs is 10. The Morgan fingerprint density at radius 2 is 0.964 bits per heavy atom. The van der Waals surface area contributed by atoms with Crippen LogP contribution in [-0.2, 0) is 5.41 Å². The first-order chi connectivity index (χ1) is 27.7. The van der Waals surface area contributed by atoms with Crippen LogP contribution in [0.2, 0.25) is 0 Å². The van der Waals surface area contributed by atoms with Crippen molar-refractivity contribution in [1.29, 1.82) is 5.26 Å². The van der Waals surface area contributed by atoms with E-state index in [1.165, 1.54) is 32.0 Å². The fourth-order valence-electron chi connectivity index (χ4n) is 8.76. The van der Waals surface area contributed by atoms with Crippen LogP contribution in [-0.4, -0.2) is 15.0 Å². The maximum Gasteiger partial charge on any atom is 0.164 e. The van der Waals surface area contributed by atoms with E-state index in [4.69, 9.17) is 15.0 Å². The molecule has 9 aromatic rings. The first-order valence-electron chi connectivity index (χ1n) is 18.7. The smallest absolute Gasteiger partial charge is 0.164 e. The van der Waals surface area contributed by atoms with Crippen LogP contribution in [0.4, 0.5) is 0 Å². The molecular formula is C51H30N4S. The molecule has 1 aromatic heterocycles. The van der Waals surface area contributed by atoms with Gasteiger partial charge < -0.3 is 0 Å². The molecule has 0 N–H and O–H groups in total. The first-order valence-corrected chi connectivity index (χ1v) is 19.5. The number of benzene rings is 8. The summed E-state index contributed by atoms with van der Waals surface area (Å²) in [7, 11) is 0. The molecule has 1 aliphatic heterocycles. The molecule has 1 aliphatic carbocycles. The first kappa shape index (κ1) is 32.3. The van der Waals surface area contributed by atoms with Crippen molar-refractivity contribution in [3.8, 4) is 62.5 Å². The normalized spacial score (nSPS) is 13.1. The molecule has 8 aromatic carbocycles. The van der Waals surface area contributed by atoms with Gasteiger partial charge >= 0.3 is 0 Å². The van der Waals surface area contributed by atoms with Gasteiger partial charge in [-0.15, -0.1) is 0 Å². The molecule has 5 heteroatoms. The Balaban J connectivity index is 1.18. The van der Waals surface area contributed by atoms with Gasteiger partial charge in [0.25, 0.3) is 0 Å². The predicted molar refractivity (Wildman–Crippen MR) is 225 cm³/mol. The largest absolute Gasteiger partial charge is 0.208 e. The Bertz CT molecular complexity index is 3040. The summed E-state index contributed by atoms with van der Waals surface area (Å²) in [6.07, 6.45) is 0. The Morgan fingerprint density at radius 3 is 1.71 bits per heavy atom. The molecule has 0 unspecified atom stereocenters. The van der Waals surface area contributed by atoms with E-state index >= 15 is 0 Å². The van der Waals surface area contributed by atoms with E-state index in [9.17, 15) is 5.26 Å². The Hall–Kier alpha value is -7.13. The second kappa shape index (κ2) is 12.7. The second-order valence-electron chi connectivity index (χ2n) is 14.3. The summed E-state index contributed by atoms with van der Waals surface area (Å²) in [5, 5.41) is 12.0. The van der Waals surface area contributed by atoms with Gasteiger partial charge in [0.05, 0.1) is 17.0 Å². The zero-order valence-corrected chi connectivity index (χ0v) is 30.8. The molecule has 0 radical (unpaired) electrons. The van der Waals surface area contributed by atoms with Gasteiger partial charge in [-0.25, -0.2) is 15.0 Å². The number of hydrogen-bond donors (Lipinski definition) is 0. The third-order valence-electron chi connectivity index (χ3n) is 11.2. The van der Waals surface area contributed by atoms with Crippen LogP contribution in [0.5, 0.6) is 0 Å². The van der Waals surface area contributed by atoms with Crippen LogP contribution in [0.3, 0.4) is 0 Å². The zero-order chi connectivity index (χ0) is 37.2. The van der Waals surface area contributed by atoms with Crippen LogP contribution in [0, 0.1) is 11.3 Å². The van der Waals surface area contributed by atoms with Gasteiger partial charge in [0.15, 0.2) is 17.5 Å². The van der Waals surface area contributed by atoms with E-state index in [0.717, 1.165) is 49.7 Å². The lowest BCUT2D eigenvalue weighted by molar-refractivity contribution is 0.722. The van der Waals surface area contributed by atoms with E-state index in [1.54, 1.807) is 0 Å². The lowest BCUT2D eigenvalue weighted by Crippen LogP contribution is -2.31. The molecule has 56 heavy (non-hydrogen) atoms. The van der Waals surface area contributed by atoms with Crippen molar-refractivity contribution >= 4 is 22.5 Å². The highest BCUT2D eigenvalue weighted by molar-refractivity contribution is 7.99. The average Bonchev–Trinajstić information content (AvgIpc) is 3.55. The van der Waals surface area contributed by atoms with Crippen molar-refractivity contribution in [2.45, 2.75) is 15.2 Å². The monoisotopic (exact) mass is 730 g/mol. The highest BCUT2D eigenvalue weighted by atomic mass is 32.2. The Morgan fingerprint density at radius 1 is 0.411 bits per heavy atom. The molecule has 0 saturated heterocycles. The summed E-state index contributed by atoms with van der Waals surface area (Å²) in [4.78, 5) is 18.0. The molecule has 0 bridgehead atoms. The van der Waals surface area contributed by atoms with Crippen molar-refractivity contribution in [3.63, 3.8) is 0 Å². The standard InChI is InChI=1S/C51H30N4S/c52-31-32-12-10-17-35(28-32)36-24-26-42-40(29-36)41-30-37(25-27-43(41)51(42)44-20-6-8-22-46(44)56-47-23-9-7-21-45(47)51)49-53-48(34-14-2-1-3-15-34)54-50(55-49)39-19-11-16-33-13-4-5-18-38(33)39/h1-30H. The van der Waals surface area contributed by atoms with E-state index < -0.39 is 5.41 Å². The summed E-state index contributed by atoms with van der Waals surface area (Å²) in [6, 6.07) is 66.2. The molecule has 0 atom stereocenters. The van der Waals surface area contributed by atoms with Crippen LogP contribution < -0.4 is 0 Å². The van der Waals surface area contributed by atoms with Gasteiger partial charge in [-0.1, -0.05) is 157 Å². The van der Waals surface area contributed by atoms with E-state index in [0.29, 0.717) is 23.0 Å². The minimum absolute atomic E-state index is 0.531. The number of rotatable bonds is 4. The van der Waals surface area contributed by atoms with E-state index in [2.05, 4.69) is 140 Å². The molecule has 2 heterocycles. The second-order valence-corrected chi connectivity index (χ2v) is 15.3. The maximum absolute atomic E-state index is 9.75. The molecule has 260 valence electrons. The molecule has 0 amide bonds. The third kappa shape index (κ3) is 4.90. The van der Waals surface area contributed by atoms with E-state index in [-0.39, 0.29) is 0 Å². The van der Waals surface area contributed by atoms with Crippen molar-refractivity contribution < 1.29 is 0 Å². The summed E-state index contributed by atoms with van der Waals surface area (Å²) >= 11 is 1.84. The van der Waals surface area contributed by atoms with Crippen LogP contribution in [0.25, 0.3) is 67.2 Å². The number of nitrogens with zero attached hydrogens (tertiary/aromatic N) is 4. The highest BCUT2D eigenvalue weighted by Crippen LogP contribution is 2.62. The molecule has 1 spiro atoms. The topological polar surface area (TPSA) is 62.5 Å². The molecule has 0 saturated carbocycles. The fourth-order valence-corrected chi connectivity index (χ4v) is 9.95. The van der Waals surface area contributed by atoms with Gasteiger partial charge in [-0.3, -0.25) is 0 Å².